The maximum Gasteiger partial charge on any atom is 0.311 e. The second-order valence-electron chi connectivity index (χ2n) is 4.41. The number of hydrogen-bond donors (Lipinski definition) is 1. The molecule has 4 nitrogen and oxygen atoms in total. The van der Waals surface area contributed by atoms with Gasteiger partial charge in [-0.25, -0.2) is 0 Å². The van der Waals surface area contributed by atoms with E-state index in [1.807, 2.05) is 0 Å². The maximum absolute atomic E-state index is 11.7. The first kappa shape index (κ1) is 15.4. The van der Waals surface area contributed by atoms with Crippen molar-refractivity contribution in [1.29, 1.82) is 0 Å². The van der Waals surface area contributed by atoms with Crippen LogP contribution in [0.25, 0.3) is 0 Å². The van der Waals surface area contributed by atoms with Crippen molar-refractivity contribution in [1.82, 2.24) is 0 Å². The number of ether oxygens (including phenoxy) is 1. The number of hydrogen-bond acceptors (Lipinski definition) is 4. The first-order chi connectivity index (χ1) is 9.19. The van der Waals surface area contributed by atoms with Gasteiger partial charge >= 0.3 is 5.97 Å². The second-order valence-corrected chi connectivity index (χ2v) is 4.41. The van der Waals surface area contributed by atoms with E-state index in [4.69, 9.17) is 10.5 Å². The summed E-state index contributed by atoms with van der Waals surface area (Å²) < 4.78 is 5.23. The van der Waals surface area contributed by atoms with Crippen LogP contribution in [0.3, 0.4) is 0 Å². The molecule has 0 spiro atoms. The van der Waals surface area contributed by atoms with E-state index < -0.39 is 0 Å². The van der Waals surface area contributed by atoms with Crippen molar-refractivity contribution >= 4 is 11.8 Å². The van der Waals surface area contributed by atoms with E-state index in [1.54, 1.807) is 24.3 Å². The summed E-state index contributed by atoms with van der Waals surface area (Å²) in [5, 5.41) is 0. The molecule has 0 unspecified atom stereocenters. The highest BCUT2D eigenvalue weighted by Gasteiger charge is 2.13. The molecule has 0 amide bonds. The van der Waals surface area contributed by atoms with E-state index in [1.165, 1.54) is 0 Å². The molecule has 1 rings (SSSR count). The molecule has 0 atom stereocenters. The van der Waals surface area contributed by atoms with Gasteiger partial charge < -0.3 is 10.5 Å². The Balaban J connectivity index is 2.56. The normalized spacial score (nSPS) is 10.2. The van der Waals surface area contributed by atoms with Crippen LogP contribution in [0.4, 0.5) is 0 Å². The summed E-state index contributed by atoms with van der Waals surface area (Å²) in [7, 11) is 0. The molecule has 0 saturated heterocycles. The minimum Gasteiger partial charge on any atom is -0.426 e. The highest BCUT2D eigenvalue weighted by atomic mass is 16.5. The van der Waals surface area contributed by atoms with Gasteiger partial charge in [0.15, 0.2) is 5.78 Å². The first-order valence-electron chi connectivity index (χ1n) is 6.72. The van der Waals surface area contributed by atoms with Gasteiger partial charge in [-0.2, -0.15) is 0 Å². The molecule has 0 bridgehead atoms. The molecule has 0 fully saturated rings. The van der Waals surface area contributed by atoms with Crippen LogP contribution in [0.2, 0.25) is 0 Å². The second kappa shape index (κ2) is 8.43. The summed E-state index contributed by atoms with van der Waals surface area (Å²) in [6, 6.07) is 6.69. The third kappa shape index (κ3) is 5.22. The third-order valence-electron chi connectivity index (χ3n) is 2.83. The van der Waals surface area contributed by atoms with Crippen molar-refractivity contribution in [2.75, 3.05) is 6.54 Å². The van der Waals surface area contributed by atoms with Gasteiger partial charge in [0.1, 0.15) is 5.75 Å². The van der Waals surface area contributed by atoms with Crippen LogP contribution < -0.4 is 10.5 Å². The van der Waals surface area contributed by atoms with Gasteiger partial charge in [-0.05, 0) is 18.6 Å². The molecule has 2 N–H and O–H groups in total. The van der Waals surface area contributed by atoms with Crippen molar-refractivity contribution in [3.05, 3.63) is 29.8 Å². The lowest BCUT2D eigenvalue weighted by Gasteiger charge is -2.08. The molecule has 0 aliphatic rings. The number of ketones is 1. The quantitative estimate of drug-likeness (QED) is 0.339. The van der Waals surface area contributed by atoms with Crippen LogP contribution in [0.15, 0.2) is 24.3 Å². The Labute approximate surface area is 113 Å². The predicted molar refractivity (Wildman–Crippen MR) is 74.2 cm³/mol. The fourth-order valence-corrected chi connectivity index (χ4v) is 1.77. The molecule has 4 heteroatoms. The number of esters is 1. The first-order valence-corrected chi connectivity index (χ1v) is 6.72. The van der Waals surface area contributed by atoms with Crippen LogP contribution in [-0.2, 0) is 4.79 Å². The fourth-order valence-electron chi connectivity index (χ4n) is 1.77. The summed E-state index contributed by atoms with van der Waals surface area (Å²) in [5.74, 6) is -0.221. The zero-order chi connectivity index (χ0) is 14.1. The van der Waals surface area contributed by atoms with Gasteiger partial charge in [-0.1, -0.05) is 38.3 Å². The standard InChI is InChI=1S/C15H21NO3/c1-2-3-4-5-10-15(18)19-14-9-7-6-8-12(14)13(17)11-16/h6-9H,2-5,10-11,16H2,1H3. The lowest BCUT2D eigenvalue weighted by Crippen LogP contribution is -2.16. The number of para-hydroxylation sites is 1. The Kier molecular flexibility index (Phi) is 6.82. The minimum atomic E-state index is -0.298. The molecule has 0 heterocycles. The van der Waals surface area contributed by atoms with E-state index in [-0.39, 0.29) is 18.3 Å². The van der Waals surface area contributed by atoms with Crippen LogP contribution in [-0.4, -0.2) is 18.3 Å². The van der Waals surface area contributed by atoms with Crippen molar-refractivity contribution in [2.24, 2.45) is 5.73 Å². The Morgan fingerprint density at radius 1 is 1.16 bits per heavy atom. The summed E-state index contributed by atoms with van der Waals surface area (Å²) in [6.45, 7) is 2.03. The average molecular weight is 263 g/mol. The molecule has 104 valence electrons. The lowest BCUT2D eigenvalue weighted by molar-refractivity contribution is -0.134. The number of carbonyl (C=O) groups is 2. The SMILES string of the molecule is CCCCCCC(=O)Oc1ccccc1C(=O)CN. The van der Waals surface area contributed by atoms with Crippen molar-refractivity contribution in [2.45, 2.75) is 39.0 Å². The Hall–Kier alpha value is -1.68. The van der Waals surface area contributed by atoms with Gasteiger partial charge in [0, 0.05) is 6.42 Å². The maximum atomic E-state index is 11.7. The van der Waals surface area contributed by atoms with Gasteiger partial charge in [-0.15, -0.1) is 0 Å². The van der Waals surface area contributed by atoms with E-state index >= 15 is 0 Å². The number of carbonyl (C=O) groups excluding carboxylic acids is 2. The average Bonchev–Trinajstić information content (AvgIpc) is 2.43. The number of rotatable bonds is 8. The number of Topliss-reactive ketones (excluding diaryl/α,β-unsaturated/α-hetero) is 1. The topological polar surface area (TPSA) is 69.4 Å². The van der Waals surface area contributed by atoms with E-state index in [2.05, 4.69) is 6.92 Å². The van der Waals surface area contributed by atoms with Gasteiger partial charge in [0.25, 0.3) is 0 Å². The molecule has 0 aliphatic heterocycles. The van der Waals surface area contributed by atoms with Crippen LogP contribution in [0.5, 0.6) is 5.75 Å². The van der Waals surface area contributed by atoms with Gasteiger partial charge in [0.2, 0.25) is 0 Å². The summed E-state index contributed by atoms with van der Waals surface area (Å²) in [5.41, 5.74) is 5.69. The molecule has 1 aromatic rings. The highest BCUT2D eigenvalue weighted by molar-refractivity contribution is 6.00. The summed E-state index contributed by atoms with van der Waals surface area (Å²) in [6.07, 6.45) is 4.47. The van der Waals surface area contributed by atoms with Gasteiger partial charge in [0.05, 0.1) is 12.1 Å². The van der Waals surface area contributed by atoms with Crippen molar-refractivity contribution < 1.29 is 14.3 Å². The zero-order valence-corrected chi connectivity index (χ0v) is 11.4. The summed E-state index contributed by atoms with van der Waals surface area (Å²) >= 11 is 0. The molecular weight excluding hydrogens is 242 g/mol. The molecule has 0 radical (unpaired) electrons. The number of benzene rings is 1. The van der Waals surface area contributed by atoms with E-state index in [0.29, 0.717) is 17.7 Å². The van der Waals surface area contributed by atoms with Crippen LogP contribution >= 0.6 is 0 Å². The fraction of sp³-hybridized carbons (Fsp3) is 0.467. The largest absolute Gasteiger partial charge is 0.426 e. The van der Waals surface area contributed by atoms with Crippen LogP contribution in [0.1, 0.15) is 49.4 Å². The molecule has 0 aliphatic carbocycles. The Morgan fingerprint density at radius 3 is 2.58 bits per heavy atom. The Bertz CT molecular complexity index is 429. The van der Waals surface area contributed by atoms with Crippen molar-refractivity contribution in [3.8, 4) is 5.75 Å². The zero-order valence-electron chi connectivity index (χ0n) is 11.4. The number of unbranched alkanes of at least 4 members (excludes halogenated alkanes) is 3. The summed E-state index contributed by atoms with van der Waals surface area (Å²) in [4.78, 5) is 23.3. The molecule has 0 aromatic heterocycles. The lowest BCUT2D eigenvalue weighted by atomic mass is 10.1. The highest BCUT2D eigenvalue weighted by Crippen LogP contribution is 2.19. The third-order valence-corrected chi connectivity index (χ3v) is 2.83. The molecular formula is C15H21NO3. The molecule has 1 aromatic carbocycles. The smallest absolute Gasteiger partial charge is 0.311 e. The molecule has 0 saturated carbocycles. The van der Waals surface area contributed by atoms with Gasteiger partial charge in [-0.3, -0.25) is 9.59 Å². The van der Waals surface area contributed by atoms with Crippen LogP contribution in [0, 0.1) is 0 Å². The Morgan fingerprint density at radius 2 is 1.89 bits per heavy atom. The minimum absolute atomic E-state index is 0.0922. The van der Waals surface area contributed by atoms with E-state index in [0.717, 1.165) is 25.7 Å². The van der Waals surface area contributed by atoms with E-state index in [9.17, 15) is 9.59 Å². The monoisotopic (exact) mass is 263 g/mol. The van der Waals surface area contributed by atoms with Crippen molar-refractivity contribution in [3.63, 3.8) is 0 Å². The molecule has 19 heavy (non-hydrogen) atoms. The predicted octanol–water partition coefficient (Wildman–Crippen LogP) is 2.70. The number of nitrogens with two attached hydrogens (primary N) is 1.